The summed E-state index contributed by atoms with van der Waals surface area (Å²) >= 11 is 5.99. The molecule has 18 heavy (non-hydrogen) atoms. The van der Waals surface area contributed by atoms with Crippen molar-refractivity contribution in [1.29, 1.82) is 0 Å². The summed E-state index contributed by atoms with van der Waals surface area (Å²) in [5.41, 5.74) is 5.46. The Morgan fingerprint density at radius 2 is 2.17 bits per heavy atom. The van der Waals surface area contributed by atoms with E-state index in [0.29, 0.717) is 23.7 Å². The lowest BCUT2D eigenvalue weighted by atomic mass is 10.2. The zero-order valence-corrected chi connectivity index (χ0v) is 11.4. The number of amides is 1. The second kappa shape index (κ2) is 7.24. The molecule has 1 aromatic carbocycles. The first-order valence-corrected chi connectivity index (χ1v) is 6.37. The van der Waals surface area contributed by atoms with Crippen molar-refractivity contribution in [2.75, 3.05) is 6.54 Å². The van der Waals surface area contributed by atoms with Gasteiger partial charge < -0.3 is 15.8 Å². The van der Waals surface area contributed by atoms with E-state index < -0.39 is 6.10 Å². The minimum Gasteiger partial charge on any atom is -0.479 e. The van der Waals surface area contributed by atoms with E-state index in [9.17, 15) is 4.79 Å². The van der Waals surface area contributed by atoms with Crippen LogP contribution in [-0.2, 0) is 4.79 Å². The Labute approximate surface area is 112 Å². The van der Waals surface area contributed by atoms with Crippen molar-refractivity contribution in [3.05, 3.63) is 29.3 Å². The van der Waals surface area contributed by atoms with Gasteiger partial charge in [0.25, 0.3) is 5.91 Å². The third-order valence-electron chi connectivity index (χ3n) is 2.51. The van der Waals surface area contributed by atoms with Gasteiger partial charge in [-0.15, -0.1) is 0 Å². The quantitative estimate of drug-likeness (QED) is 0.831. The summed E-state index contributed by atoms with van der Waals surface area (Å²) in [7, 11) is 0. The minimum absolute atomic E-state index is 0.0682. The van der Waals surface area contributed by atoms with Crippen LogP contribution in [-0.4, -0.2) is 24.6 Å². The highest BCUT2D eigenvalue weighted by atomic mass is 35.5. The van der Waals surface area contributed by atoms with Gasteiger partial charge in [0.05, 0.1) is 5.02 Å². The van der Waals surface area contributed by atoms with Crippen LogP contribution in [0.2, 0.25) is 5.02 Å². The summed E-state index contributed by atoms with van der Waals surface area (Å²) < 4.78 is 5.62. The average Bonchev–Trinajstić information content (AvgIpc) is 2.37. The molecule has 0 heterocycles. The third-order valence-corrected chi connectivity index (χ3v) is 2.82. The molecule has 4 nitrogen and oxygen atoms in total. The Balaban J connectivity index is 2.67. The van der Waals surface area contributed by atoms with Gasteiger partial charge in [-0.2, -0.15) is 0 Å². The van der Waals surface area contributed by atoms with Crippen molar-refractivity contribution >= 4 is 17.5 Å². The molecule has 0 bridgehead atoms. The van der Waals surface area contributed by atoms with Crippen LogP contribution in [0, 0.1) is 0 Å². The lowest BCUT2D eigenvalue weighted by Gasteiger charge is -2.20. The summed E-state index contributed by atoms with van der Waals surface area (Å²) in [5.74, 6) is 0.344. The van der Waals surface area contributed by atoms with E-state index in [1.165, 1.54) is 0 Å². The molecule has 2 atom stereocenters. The number of nitrogens with one attached hydrogen (secondary N) is 1. The fraction of sp³-hybridized carbons (Fsp3) is 0.462. The number of ether oxygens (including phenoxy) is 1. The van der Waals surface area contributed by atoms with Crippen LogP contribution in [0.15, 0.2) is 24.3 Å². The second-order valence-corrected chi connectivity index (χ2v) is 4.50. The molecule has 0 aliphatic carbocycles. The summed E-state index contributed by atoms with van der Waals surface area (Å²) in [6, 6.07) is 7.02. The number of nitrogens with two attached hydrogens (primary N) is 1. The Bertz CT molecular complexity index is 398. The topological polar surface area (TPSA) is 64.3 Å². The van der Waals surface area contributed by atoms with Gasteiger partial charge in [-0.05, 0) is 25.5 Å². The molecular weight excluding hydrogens is 252 g/mol. The van der Waals surface area contributed by atoms with Gasteiger partial charge in [-0.25, -0.2) is 0 Å². The molecule has 5 heteroatoms. The molecule has 0 aliphatic heterocycles. The van der Waals surface area contributed by atoms with E-state index >= 15 is 0 Å². The first kappa shape index (κ1) is 14.8. The van der Waals surface area contributed by atoms with Crippen molar-refractivity contribution in [2.24, 2.45) is 5.73 Å². The van der Waals surface area contributed by atoms with Gasteiger partial charge in [0.1, 0.15) is 5.75 Å². The van der Waals surface area contributed by atoms with Crippen molar-refractivity contribution in [3.63, 3.8) is 0 Å². The Hall–Kier alpha value is -1.26. The molecule has 1 rings (SSSR count). The maximum atomic E-state index is 11.9. The molecule has 1 aromatic rings. The lowest BCUT2D eigenvalue weighted by molar-refractivity contribution is -0.128. The zero-order chi connectivity index (χ0) is 13.5. The van der Waals surface area contributed by atoms with E-state index in [4.69, 9.17) is 22.1 Å². The number of carbonyl (C=O) groups excluding carboxylic acids is 1. The molecule has 100 valence electrons. The van der Waals surface area contributed by atoms with Crippen LogP contribution in [0.25, 0.3) is 0 Å². The van der Waals surface area contributed by atoms with Crippen LogP contribution in [0.5, 0.6) is 5.75 Å². The average molecular weight is 271 g/mol. The van der Waals surface area contributed by atoms with Crippen LogP contribution < -0.4 is 15.8 Å². The molecule has 0 aromatic heterocycles. The molecule has 0 saturated heterocycles. The molecule has 0 fully saturated rings. The summed E-state index contributed by atoms with van der Waals surface area (Å²) in [6.07, 6.45) is 0.00726. The van der Waals surface area contributed by atoms with Gasteiger partial charge in [0.2, 0.25) is 0 Å². The van der Waals surface area contributed by atoms with Crippen LogP contribution >= 0.6 is 11.6 Å². The van der Waals surface area contributed by atoms with Gasteiger partial charge in [0.15, 0.2) is 6.10 Å². The molecule has 0 aliphatic rings. The SMILES string of the molecule is CCC(Oc1ccccc1Cl)C(=O)N[C@@H](C)CN. The molecule has 1 unspecified atom stereocenters. The molecule has 0 radical (unpaired) electrons. The smallest absolute Gasteiger partial charge is 0.261 e. The van der Waals surface area contributed by atoms with Gasteiger partial charge >= 0.3 is 0 Å². The Morgan fingerprint density at radius 3 is 2.72 bits per heavy atom. The van der Waals surface area contributed by atoms with E-state index in [0.717, 1.165) is 0 Å². The fourth-order valence-electron chi connectivity index (χ4n) is 1.41. The first-order chi connectivity index (χ1) is 8.58. The highest BCUT2D eigenvalue weighted by Gasteiger charge is 2.20. The molecule has 1 amide bonds. The predicted molar refractivity (Wildman–Crippen MR) is 72.8 cm³/mol. The zero-order valence-electron chi connectivity index (χ0n) is 10.7. The fourth-order valence-corrected chi connectivity index (χ4v) is 1.59. The second-order valence-electron chi connectivity index (χ2n) is 4.09. The maximum absolute atomic E-state index is 11.9. The number of rotatable bonds is 6. The standard InChI is InChI=1S/C13H19ClN2O2/c1-3-11(13(17)16-9(2)8-15)18-12-7-5-4-6-10(12)14/h4-7,9,11H,3,8,15H2,1-2H3,(H,16,17)/t9-,11?/m0/s1. The van der Waals surface area contributed by atoms with E-state index in [2.05, 4.69) is 5.32 Å². The lowest BCUT2D eigenvalue weighted by Crippen LogP contribution is -2.45. The summed E-state index contributed by atoms with van der Waals surface area (Å²) in [6.45, 7) is 4.13. The monoisotopic (exact) mass is 270 g/mol. The number of para-hydroxylation sites is 1. The molecular formula is C13H19ClN2O2. The third kappa shape index (κ3) is 4.20. The van der Waals surface area contributed by atoms with Crippen molar-refractivity contribution in [3.8, 4) is 5.75 Å². The number of benzene rings is 1. The Kier molecular flexibility index (Phi) is 5.95. The number of halogens is 1. The normalized spacial score (nSPS) is 13.8. The number of hydrogen-bond acceptors (Lipinski definition) is 3. The van der Waals surface area contributed by atoms with Crippen LogP contribution in [0.3, 0.4) is 0 Å². The maximum Gasteiger partial charge on any atom is 0.261 e. The highest BCUT2D eigenvalue weighted by molar-refractivity contribution is 6.32. The highest BCUT2D eigenvalue weighted by Crippen LogP contribution is 2.24. The largest absolute Gasteiger partial charge is 0.479 e. The predicted octanol–water partition coefficient (Wildman–Crippen LogP) is 1.96. The van der Waals surface area contributed by atoms with E-state index in [1.807, 2.05) is 26.0 Å². The van der Waals surface area contributed by atoms with Crippen LogP contribution in [0.1, 0.15) is 20.3 Å². The molecule has 0 spiro atoms. The molecule has 0 saturated carbocycles. The first-order valence-electron chi connectivity index (χ1n) is 6.00. The van der Waals surface area contributed by atoms with E-state index in [1.54, 1.807) is 12.1 Å². The summed E-state index contributed by atoms with van der Waals surface area (Å²) in [5, 5.41) is 3.28. The van der Waals surface area contributed by atoms with Crippen molar-refractivity contribution in [2.45, 2.75) is 32.4 Å². The number of hydrogen-bond donors (Lipinski definition) is 2. The van der Waals surface area contributed by atoms with Crippen LogP contribution in [0.4, 0.5) is 0 Å². The van der Waals surface area contributed by atoms with Gasteiger partial charge in [-0.1, -0.05) is 30.7 Å². The number of carbonyl (C=O) groups is 1. The van der Waals surface area contributed by atoms with E-state index in [-0.39, 0.29) is 11.9 Å². The summed E-state index contributed by atoms with van der Waals surface area (Å²) in [4.78, 5) is 11.9. The van der Waals surface area contributed by atoms with Gasteiger partial charge in [-0.3, -0.25) is 4.79 Å². The Morgan fingerprint density at radius 1 is 1.50 bits per heavy atom. The van der Waals surface area contributed by atoms with Gasteiger partial charge in [0, 0.05) is 12.6 Å². The minimum atomic E-state index is -0.557. The van der Waals surface area contributed by atoms with Crippen molar-refractivity contribution in [1.82, 2.24) is 5.32 Å². The van der Waals surface area contributed by atoms with Crippen molar-refractivity contribution < 1.29 is 9.53 Å². The molecule has 3 N–H and O–H groups in total.